The lowest BCUT2D eigenvalue weighted by Gasteiger charge is -2.15. The van der Waals surface area contributed by atoms with Crippen molar-refractivity contribution in [2.45, 2.75) is 17.9 Å². The van der Waals surface area contributed by atoms with Crippen molar-refractivity contribution in [3.05, 3.63) is 11.8 Å². The Labute approximate surface area is 115 Å². The molecule has 1 amide bonds. The second-order valence-corrected chi connectivity index (χ2v) is 6.03. The van der Waals surface area contributed by atoms with E-state index in [4.69, 9.17) is 5.11 Å². The van der Waals surface area contributed by atoms with Gasteiger partial charge in [-0.25, -0.2) is 17.9 Å². The monoisotopic (exact) mass is 302 g/mol. The summed E-state index contributed by atoms with van der Waals surface area (Å²) in [7, 11) is -4.11. The Balaban J connectivity index is 2.05. The Morgan fingerprint density at radius 3 is 2.65 bits per heavy atom. The molecule has 0 aromatic carbocycles. The zero-order valence-corrected chi connectivity index (χ0v) is 11.3. The highest BCUT2D eigenvalue weighted by molar-refractivity contribution is 7.89. The van der Waals surface area contributed by atoms with Crippen molar-refractivity contribution in [3.63, 3.8) is 0 Å². The molecule has 1 fully saturated rings. The van der Waals surface area contributed by atoms with Gasteiger partial charge in [-0.1, -0.05) is 0 Å². The lowest BCUT2D eigenvalue weighted by Crippen LogP contribution is -2.39. The lowest BCUT2D eigenvalue weighted by molar-refractivity contribution is -0.128. The topological polar surface area (TPSA) is 132 Å². The predicted molar refractivity (Wildman–Crippen MR) is 66.5 cm³/mol. The summed E-state index contributed by atoms with van der Waals surface area (Å²) in [6.07, 6.45) is 2.71. The van der Waals surface area contributed by atoms with Gasteiger partial charge in [-0.15, -0.1) is 0 Å². The summed E-state index contributed by atoms with van der Waals surface area (Å²) in [6.45, 7) is 0.830. The number of aromatic amines is 1. The highest BCUT2D eigenvalue weighted by atomic mass is 32.2. The van der Waals surface area contributed by atoms with Gasteiger partial charge < -0.3 is 10.0 Å². The third kappa shape index (κ3) is 2.96. The number of nitrogens with one attached hydrogen (secondary N) is 2. The molecule has 0 radical (unpaired) electrons. The number of carbonyl (C=O) groups is 2. The van der Waals surface area contributed by atoms with E-state index in [1.807, 2.05) is 0 Å². The molecule has 3 N–H and O–H groups in total. The molecule has 1 saturated heterocycles. The highest BCUT2D eigenvalue weighted by Crippen LogP contribution is 2.12. The number of aromatic nitrogens is 2. The second-order valence-electron chi connectivity index (χ2n) is 4.33. The molecule has 0 saturated carbocycles. The first-order chi connectivity index (χ1) is 9.42. The third-order valence-electron chi connectivity index (χ3n) is 2.98. The van der Waals surface area contributed by atoms with Gasteiger partial charge in [0.25, 0.3) is 10.0 Å². The second kappa shape index (κ2) is 5.59. The SMILES string of the molecule is O=C(O)c1cn[nH]c1S(=O)(=O)NCC(=O)N1CCCC1. The van der Waals surface area contributed by atoms with Crippen LogP contribution in [0.2, 0.25) is 0 Å². The van der Waals surface area contributed by atoms with E-state index in [2.05, 4.69) is 14.9 Å². The van der Waals surface area contributed by atoms with E-state index in [0.717, 1.165) is 19.0 Å². The molecular weight excluding hydrogens is 288 g/mol. The summed E-state index contributed by atoms with van der Waals surface area (Å²) in [5, 5.41) is 13.8. The number of carbonyl (C=O) groups excluding carboxylic acids is 1. The van der Waals surface area contributed by atoms with Crippen LogP contribution in [0.15, 0.2) is 11.2 Å². The van der Waals surface area contributed by atoms with Crippen LogP contribution in [-0.2, 0) is 14.8 Å². The van der Waals surface area contributed by atoms with Crippen molar-refractivity contribution in [1.29, 1.82) is 0 Å². The van der Waals surface area contributed by atoms with Crippen molar-refractivity contribution >= 4 is 21.9 Å². The number of sulfonamides is 1. The minimum absolute atomic E-state index is 0.331. The Morgan fingerprint density at radius 2 is 2.05 bits per heavy atom. The molecule has 1 aliphatic rings. The van der Waals surface area contributed by atoms with Crippen LogP contribution in [0.25, 0.3) is 0 Å². The van der Waals surface area contributed by atoms with Gasteiger partial charge in [0.05, 0.1) is 12.7 Å². The number of hydrogen-bond acceptors (Lipinski definition) is 5. The number of carboxylic acids is 1. The van der Waals surface area contributed by atoms with E-state index in [1.165, 1.54) is 0 Å². The van der Waals surface area contributed by atoms with E-state index in [9.17, 15) is 18.0 Å². The largest absolute Gasteiger partial charge is 0.478 e. The third-order valence-corrected chi connectivity index (χ3v) is 4.35. The van der Waals surface area contributed by atoms with Gasteiger partial charge in [0, 0.05) is 13.1 Å². The molecule has 1 aromatic heterocycles. The predicted octanol–water partition coefficient (Wildman–Crippen LogP) is -0.991. The van der Waals surface area contributed by atoms with Crippen molar-refractivity contribution in [1.82, 2.24) is 19.8 Å². The molecule has 0 aliphatic carbocycles. The molecule has 1 aliphatic heterocycles. The van der Waals surface area contributed by atoms with Gasteiger partial charge in [0.1, 0.15) is 5.56 Å². The Hall–Kier alpha value is -1.94. The molecule has 1 aromatic rings. The van der Waals surface area contributed by atoms with Crippen molar-refractivity contribution in [2.24, 2.45) is 0 Å². The van der Waals surface area contributed by atoms with Crippen LogP contribution >= 0.6 is 0 Å². The number of H-pyrrole nitrogens is 1. The maximum Gasteiger partial charge on any atom is 0.340 e. The van der Waals surface area contributed by atoms with Gasteiger partial charge in [-0.3, -0.25) is 9.89 Å². The van der Waals surface area contributed by atoms with Crippen LogP contribution in [0.4, 0.5) is 0 Å². The molecule has 10 heteroatoms. The van der Waals surface area contributed by atoms with Gasteiger partial charge in [-0.2, -0.15) is 5.10 Å². The van der Waals surface area contributed by atoms with E-state index < -0.39 is 33.1 Å². The summed E-state index contributed by atoms with van der Waals surface area (Å²) in [5.41, 5.74) is -0.467. The molecule has 0 atom stereocenters. The summed E-state index contributed by atoms with van der Waals surface area (Å²) in [4.78, 5) is 24.1. The summed E-state index contributed by atoms with van der Waals surface area (Å²) in [6, 6.07) is 0. The van der Waals surface area contributed by atoms with Crippen LogP contribution < -0.4 is 4.72 Å². The summed E-state index contributed by atoms with van der Waals surface area (Å²) >= 11 is 0. The summed E-state index contributed by atoms with van der Waals surface area (Å²) in [5.74, 6) is -1.74. The number of carboxylic acid groups (broad SMARTS) is 1. The van der Waals surface area contributed by atoms with E-state index in [-0.39, 0.29) is 5.91 Å². The minimum atomic E-state index is -4.11. The van der Waals surface area contributed by atoms with E-state index >= 15 is 0 Å². The quantitative estimate of drug-likeness (QED) is 0.639. The number of rotatable bonds is 5. The molecule has 2 heterocycles. The first-order valence-corrected chi connectivity index (χ1v) is 7.44. The fourth-order valence-corrected chi connectivity index (χ4v) is 3.00. The minimum Gasteiger partial charge on any atom is -0.478 e. The van der Waals surface area contributed by atoms with Crippen LogP contribution in [0.5, 0.6) is 0 Å². The van der Waals surface area contributed by atoms with Crippen molar-refractivity contribution in [3.8, 4) is 0 Å². The highest BCUT2D eigenvalue weighted by Gasteiger charge is 2.26. The lowest BCUT2D eigenvalue weighted by atomic mass is 10.4. The van der Waals surface area contributed by atoms with E-state index in [1.54, 1.807) is 4.90 Å². The number of likely N-dealkylation sites (tertiary alicyclic amines) is 1. The molecule has 0 unspecified atom stereocenters. The Bertz CT molecular complexity index is 617. The first kappa shape index (κ1) is 14.5. The van der Waals surface area contributed by atoms with Crippen LogP contribution in [0.3, 0.4) is 0 Å². The maximum absolute atomic E-state index is 11.9. The van der Waals surface area contributed by atoms with Crippen molar-refractivity contribution in [2.75, 3.05) is 19.6 Å². The van der Waals surface area contributed by atoms with Crippen LogP contribution in [0.1, 0.15) is 23.2 Å². The zero-order chi connectivity index (χ0) is 14.8. The smallest absolute Gasteiger partial charge is 0.340 e. The van der Waals surface area contributed by atoms with Crippen LogP contribution in [-0.4, -0.2) is 60.1 Å². The number of aromatic carboxylic acids is 1. The summed E-state index contributed by atoms with van der Waals surface area (Å²) < 4.78 is 25.9. The molecule has 0 bridgehead atoms. The normalized spacial score (nSPS) is 15.5. The molecular formula is C10H14N4O5S. The first-order valence-electron chi connectivity index (χ1n) is 5.96. The fourth-order valence-electron chi connectivity index (χ4n) is 1.94. The van der Waals surface area contributed by atoms with Crippen LogP contribution in [0, 0.1) is 0 Å². The van der Waals surface area contributed by atoms with Gasteiger partial charge in [0.15, 0.2) is 5.03 Å². The maximum atomic E-state index is 11.9. The zero-order valence-electron chi connectivity index (χ0n) is 10.5. The molecule has 110 valence electrons. The Kier molecular flexibility index (Phi) is 4.04. The van der Waals surface area contributed by atoms with E-state index in [0.29, 0.717) is 13.1 Å². The Morgan fingerprint density at radius 1 is 1.40 bits per heavy atom. The average molecular weight is 302 g/mol. The fraction of sp³-hybridized carbons (Fsp3) is 0.500. The number of amides is 1. The number of nitrogens with zero attached hydrogens (tertiary/aromatic N) is 2. The van der Waals surface area contributed by atoms with Gasteiger partial charge in [-0.05, 0) is 12.8 Å². The van der Waals surface area contributed by atoms with Gasteiger partial charge in [0.2, 0.25) is 5.91 Å². The molecule has 0 spiro atoms. The molecule has 9 nitrogen and oxygen atoms in total. The van der Waals surface area contributed by atoms with Crippen molar-refractivity contribution < 1.29 is 23.1 Å². The molecule has 20 heavy (non-hydrogen) atoms. The number of hydrogen-bond donors (Lipinski definition) is 3. The molecule has 2 rings (SSSR count). The van der Waals surface area contributed by atoms with Gasteiger partial charge >= 0.3 is 5.97 Å². The average Bonchev–Trinajstić information content (AvgIpc) is 3.06. The standard InChI is InChI=1S/C10H14N4O5S/c15-8(14-3-1-2-4-14)6-12-20(18,19)9-7(10(16)17)5-11-13-9/h5,12H,1-4,6H2,(H,11,13)(H,16,17).